The van der Waals surface area contributed by atoms with E-state index in [-0.39, 0.29) is 5.82 Å². The van der Waals surface area contributed by atoms with Crippen molar-refractivity contribution in [1.82, 2.24) is 4.98 Å². The quantitative estimate of drug-likeness (QED) is 0.898. The summed E-state index contributed by atoms with van der Waals surface area (Å²) in [5.74, 6) is -0.341. The van der Waals surface area contributed by atoms with Gasteiger partial charge >= 0.3 is 6.09 Å². The maximum atomic E-state index is 13.3. The number of ether oxygens (including phenoxy) is 1. The lowest BCUT2D eigenvalue weighted by Crippen LogP contribution is -2.27. The molecule has 120 valence electrons. The van der Waals surface area contributed by atoms with Crippen LogP contribution in [-0.2, 0) is 4.74 Å². The molecule has 4 nitrogen and oxygen atoms in total. The monoisotopic (exact) mass is 314 g/mol. The van der Waals surface area contributed by atoms with Gasteiger partial charge in [0.2, 0.25) is 0 Å². The molecule has 0 aliphatic heterocycles. The van der Waals surface area contributed by atoms with E-state index in [9.17, 15) is 9.18 Å². The highest BCUT2D eigenvalue weighted by atomic mass is 19.1. The van der Waals surface area contributed by atoms with E-state index in [0.29, 0.717) is 22.5 Å². The molecule has 0 fully saturated rings. The second-order valence-electron chi connectivity index (χ2n) is 6.05. The molecule has 2 aromatic rings. The van der Waals surface area contributed by atoms with E-state index in [2.05, 4.69) is 16.9 Å². The average molecular weight is 314 g/mol. The van der Waals surface area contributed by atoms with Gasteiger partial charge in [-0.05, 0) is 50.6 Å². The molecule has 1 amide bonds. The standard InChI is InChI=1S/C18H19FN2O2/c1-12(13-6-5-7-14(19)10-13)16-11-15(8-9-20-16)21-17(22)23-18(2,3)4/h5-11H,1H2,2-4H3,(H,20,21,22). The summed E-state index contributed by atoms with van der Waals surface area (Å²) >= 11 is 0. The number of amides is 1. The van der Waals surface area contributed by atoms with Crippen LogP contribution in [0, 0.1) is 5.82 Å². The molecule has 1 heterocycles. The third-order valence-electron chi connectivity index (χ3n) is 2.89. The minimum atomic E-state index is -0.578. The van der Waals surface area contributed by atoms with Crippen molar-refractivity contribution in [1.29, 1.82) is 0 Å². The first-order valence-corrected chi connectivity index (χ1v) is 7.16. The van der Waals surface area contributed by atoms with Crippen LogP contribution in [0.3, 0.4) is 0 Å². The molecule has 2 rings (SSSR count). The predicted molar refractivity (Wildman–Crippen MR) is 88.6 cm³/mol. The molecule has 5 heteroatoms. The average Bonchev–Trinajstić information content (AvgIpc) is 2.44. The predicted octanol–water partition coefficient (Wildman–Crippen LogP) is 4.63. The fourth-order valence-corrected chi connectivity index (χ4v) is 1.92. The molecular weight excluding hydrogens is 295 g/mol. The van der Waals surface area contributed by atoms with E-state index in [1.807, 2.05) is 0 Å². The van der Waals surface area contributed by atoms with E-state index >= 15 is 0 Å². The summed E-state index contributed by atoms with van der Waals surface area (Å²) in [6.45, 7) is 9.31. The summed E-state index contributed by atoms with van der Waals surface area (Å²) < 4.78 is 18.5. The van der Waals surface area contributed by atoms with Gasteiger partial charge in [0.05, 0.1) is 5.69 Å². The fourth-order valence-electron chi connectivity index (χ4n) is 1.92. The maximum absolute atomic E-state index is 13.3. The van der Waals surface area contributed by atoms with E-state index in [0.717, 1.165) is 0 Å². The van der Waals surface area contributed by atoms with Gasteiger partial charge in [-0.3, -0.25) is 10.3 Å². The first-order valence-electron chi connectivity index (χ1n) is 7.16. The van der Waals surface area contributed by atoms with Crippen LogP contribution in [0.25, 0.3) is 5.57 Å². The lowest BCUT2D eigenvalue weighted by atomic mass is 10.0. The van der Waals surface area contributed by atoms with Crippen LogP contribution in [0.5, 0.6) is 0 Å². The summed E-state index contributed by atoms with van der Waals surface area (Å²) in [4.78, 5) is 16.0. The maximum Gasteiger partial charge on any atom is 0.412 e. The summed E-state index contributed by atoms with van der Waals surface area (Å²) in [5.41, 5.74) is 1.70. The van der Waals surface area contributed by atoms with Gasteiger partial charge in [-0.25, -0.2) is 9.18 Å². The Morgan fingerprint density at radius 2 is 2.00 bits per heavy atom. The van der Waals surface area contributed by atoms with Crippen molar-refractivity contribution in [2.24, 2.45) is 0 Å². The molecule has 0 spiro atoms. The van der Waals surface area contributed by atoms with Gasteiger partial charge in [0.15, 0.2) is 0 Å². The van der Waals surface area contributed by atoms with Crippen LogP contribution in [-0.4, -0.2) is 16.7 Å². The van der Waals surface area contributed by atoms with Gasteiger partial charge in [-0.15, -0.1) is 0 Å². The molecule has 1 N–H and O–H groups in total. The van der Waals surface area contributed by atoms with Gasteiger partial charge in [-0.1, -0.05) is 18.7 Å². The summed E-state index contributed by atoms with van der Waals surface area (Å²) in [6, 6.07) is 9.42. The Morgan fingerprint density at radius 1 is 1.26 bits per heavy atom. The lowest BCUT2D eigenvalue weighted by molar-refractivity contribution is 0.0636. The molecule has 0 saturated heterocycles. The zero-order valence-corrected chi connectivity index (χ0v) is 13.4. The van der Waals surface area contributed by atoms with Crippen molar-refractivity contribution < 1.29 is 13.9 Å². The van der Waals surface area contributed by atoms with Crippen molar-refractivity contribution in [3.8, 4) is 0 Å². The molecule has 0 radical (unpaired) electrons. The molecule has 0 atom stereocenters. The highest BCUT2D eigenvalue weighted by Gasteiger charge is 2.16. The number of hydrogen-bond acceptors (Lipinski definition) is 3. The third-order valence-corrected chi connectivity index (χ3v) is 2.89. The van der Waals surface area contributed by atoms with Crippen LogP contribution in [0.4, 0.5) is 14.9 Å². The highest BCUT2D eigenvalue weighted by Crippen LogP contribution is 2.22. The number of halogens is 1. The summed E-state index contributed by atoms with van der Waals surface area (Å²) in [6.07, 6.45) is 0.998. The summed E-state index contributed by atoms with van der Waals surface area (Å²) in [5, 5.41) is 2.64. The Bertz CT molecular complexity index is 736. The zero-order chi connectivity index (χ0) is 17.0. The van der Waals surface area contributed by atoms with Crippen LogP contribution >= 0.6 is 0 Å². The number of anilines is 1. The Balaban J connectivity index is 2.17. The van der Waals surface area contributed by atoms with Gasteiger partial charge in [0.25, 0.3) is 0 Å². The SMILES string of the molecule is C=C(c1cccc(F)c1)c1cc(NC(=O)OC(C)(C)C)ccn1. The van der Waals surface area contributed by atoms with E-state index in [1.54, 1.807) is 51.2 Å². The molecule has 0 aliphatic rings. The van der Waals surface area contributed by atoms with Crippen molar-refractivity contribution in [3.05, 3.63) is 66.2 Å². The van der Waals surface area contributed by atoms with Crippen molar-refractivity contribution in [2.45, 2.75) is 26.4 Å². The van der Waals surface area contributed by atoms with Gasteiger partial charge in [-0.2, -0.15) is 0 Å². The molecule has 1 aromatic carbocycles. The Hall–Kier alpha value is -2.69. The Morgan fingerprint density at radius 3 is 2.65 bits per heavy atom. The number of aromatic nitrogens is 1. The molecule has 0 bridgehead atoms. The van der Waals surface area contributed by atoms with Crippen LogP contribution in [0.15, 0.2) is 49.2 Å². The fraction of sp³-hybridized carbons (Fsp3) is 0.222. The number of carbonyl (C=O) groups excluding carboxylic acids is 1. The van der Waals surface area contributed by atoms with Crippen molar-refractivity contribution in [2.75, 3.05) is 5.32 Å². The van der Waals surface area contributed by atoms with Gasteiger partial charge in [0.1, 0.15) is 11.4 Å². The first kappa shape index (κ1) is 16.7. The second-order valence-corrected chi connectivity index (χ2v) is 6.05. The number of nitrogens with zero attached hydrogens (tertiary/aromatic N) is 1. The third kappa shape index (κ3) is 4.92. The van der Waals surface area contributed by atoms with Crippen molar-refractivity contribution >= 4 is 17.4 Å². The van der Waals surface area contributed by atoms with E-state index in [4.69, 9.17) is 4.74 Å². The number of benzene rings is 1. The van der Waals surface area contributed by atoms with Crippen molar-refractivity contribution in [3.63, 3.8) is 0 Å². The van der Waals surface area contributed by atoms with Crippen LogP contribution in [0.2, 0.25) is 0 Å². The number of rotatable bonds is 3. The number of nitrogens with one attached hydrogen (secondary N) is 1. The Labute approximate surface area is 135 Å². The molecule has 0 aliphatic carbocycles. The van der Waals surface area contributed by atoms with Crippen LogP contribution in [0.1, 0.15) is 32.0 Å². The molecule has 0 saturated carbocycles. The number of carbonyl (C=O) groups is 1. The molecular formula is C18H19FN2O2. The first-order chi connectivity index (χ1) is 10.7. The largest absolute Gasteiger partial charge is 0.444 e. The Kier molecular flexibility index (Phi) is 4.79. The zero-order valence-electron chi connectivity index (χ0n) is 13.4. The van der Waals surface area contributed by atoms with E-state index in [1.165, 1.54) is 12.1 Å². The minimum Gasteiger partial charge on any atom is -0.444 e. The topological polar surface area (TPSA) is 51.2 Å². The normalized spacial score (nSPS) is 11.0. The number of pyridine rings is 1. The van der Waals surface area contributed by atoms with Crippen LogP contribution < -0.4 is 5.32 Å². The molecule has 0 unspecified atom stereocenters. The van der Waals surface area contributed by atoms with E-state index < -0.39 is 11.7 Å². The molecule has 23 heavy (non-hydrogen) atoms. The molecule has 1 aromatic heterocycles. The lowest BCUT2D eigenvalue weighted by Gasteiger charge is -2.19. The highest BCUT2D eigenvalue weighted by molar-refractivity contribution is 5.86. The number of hydrogen-bond donors (Lipinski definition) is 1. The minimum absolute atomic E-state index is 0.341. The van der Waals surface area contributed by atoms with Gasteiger partial charge < -0.3 is 4.74 Å². The summed E-state index contributed by atoms with van der Waals surface area (Å²) in [7, 11) is 0. The van der Waals surface area contributed by atoms with Gasteiger partial charge in [0, 0.05) is 17.5 Å². The second kappa shape index (κ2) is 6.60. The smallest absolute Gasteiger partial charge is 0.412 e.